The molecule has 0 aromatic carbocycles. The van der Waals surface area contributed by atoms with Crippen molar-refractivity contribution < 1.29 is 4.79 Å². The number of rotatable bonds is 19. The van der Waals surface area contributed by atoms with Crippen LogP contribution in [0.25, 0.3) is 0 Å². The molecule has 3 atom stereocenters. The predicted molar refractivity (Wildman–Crippen MR) is 133 cm³/mol. The standard InChI is InChI=1S/C27H51O.Sn.H/c1-7-13-16-23(10-4)19-26(20-24(11-5)17-14-8-2)27(22-28)21-25(12-6)18-15-9-3;;/h23-25H,7-21H2,1-6H3;;. The molecule has 0 fully saturated rings. The summed E-state index contributed by atoms with van der Waals surface area (Å²) in [5, 5.41) is 0. The van der Waals surface area contributed by atoms with Gasteiger partial charge in [-0.25, -0.2) is 0 Å². The van der Waals surface area contributed by atoms with Crippen LogP contribution in [-0.4, -0.2) is 26.3 Å². The van der Waals surface area contributed by atoms with Gasteiger partial charge in [0.05, 0.1) is 0 Å². The van der Waals surface area contributed by atoms with E-state index in [1.165, 1.54) is 95.5 Å². The average Bonchev–Trinajstić information content (AvgIpc) is 2.72. The Kier molecular flexibility index (Phi) is 19.1. The Bertz CT molecular complexity index is 420. The zero-order chi connectivity index (χ0) is 22.1. The SMILES string of the molecule is CCCCC(CC)CC(CC(CC)CCCC)=C(CC(CC)CCCC)[C](=O)[SnH]. The molecule has 0 aliphatic rings. The number of carbonyl (C=O) groups excluding carboxylic acids is 1. The molecule has 1 nitrogen and oxygen atoms in total. The van der Waals surface area contributed by atoms with Crippen molar-refractivity contribution in [2.24, 2.45) is 17.8 Å². The van der Waals surface area contributed by atoms with Crippen LogP contribution in [0.1, 0.15) is 138 Å². The maximum atomic E-state index is 12.9. The quantitative estimate of drug-likeness (QED) is 0.126. The first-order chi connectivity index (χ1) is 14.0. The molecule has 170 valence electrons. The maximum absolute atomic E-state index is 12.9. The molecule has 0 saturated heterocycles. The van der Waals surface area contributed by atoms with E-state index in [1.54, 1.807) is 5.57 Å². The molecule has 0 N–H and O–H groups in total. The van der Waals surface area contributed by atoms with Gasteiger partial charge in [-0.2, -0.15) is 0 Å². The van der Waals surface area contributed by atoms with Crippen LogP contribution in [0.15, 0.2) is 11.1 Å². The van der Waals surface area contributed by atoms with E-state index >= 15 is 0 Å². The van der Waals surface area contributed by atoms with Crippen LogP contribution in [0.3, 0.4) is 0 Å². The second kappa shape index (κ2) is 18.9. The van der Waals surface area contributed by atoms with Crippen LogP contribution in [0.4, 0.5) is 0 Å². The van der Waals surface area contributed by atoms with Crippen molar-refractivity contribution in [3.63, 3.8) is 0 Å². The van der Waals surface area contributed by atoms with Crippen LogP contribution in [0, 0.1) is 17.8 Å². The minimum absolute atomic E-state index is 0.482. The molecule has 2 radical (unpaired) electrons. The molecule has 0 bridgehead atoms. The van der Waals surface area contributed by atoms with Crippen LogP contribution < -0.4 is 0 Å². The van der Waals surface area contributed by atoms with Crippen molar-refractivity contribution in [2.75, 3.05) is 0 Å². The Hall–Kier alpha value is 0.209. The van der Waals surface area contributed by atoms with E-state index in [1.807, 2.05) is 0 Å². The number of hydrogen-bond acceptors (Lipinski definition) is 1. The number of allylic oxidation sites excluding steroid dienone is 2. The summed E-state index contributed by atoms with van der Waals surface area (Å²) in [4.78, 5) is 12.9. The molecule has 0 aliphatic heterocycles. The molecule has 3 unspecified atom stereocenters. The van der Waals surface area contributed by atoms with Crippen molar-refractivity contribution in [3.05, 3.63) is 11.1 Å². The van der Waals surface area contributed by atoms with Crippen LogP contribution in [0.2, 0.25) is 0 Å². The first-order valence-electron chi connectivity index (χ1n) is 13.0. The molecule has 0 saturated carbocycles. The van der Waals surface area contributed by atoms with E-state index in [0.29, 0.717) is 9.72 Å². The van der Waals surface area contributed by atoms with Gasteiger partial charge >= 0.3 is 198 Å². The Balaban J connectivity index is 5.73. The second-order valence-electron chi connectivity index (χ2n) is 9.31. The van der Waals surface area contributed by atoms with Gasteiger partial charge in [0.25, 0.3) is 0 Å². The molecule has 0 amide bonds. The summed E-state index contributed by atoms with van der Waals surface area (Å²) in [6, 6.07) is 0. The fourth-order valence-electron chi connectivity index (χ4n) is 4.56. The van der Waals surface area contributed by atoms with Gasteiger partial charge in [-0.05, 0) is 0 Å². The van der Waals surface area contributed by atoms with Crippen LogP contribution >= 0.6 is 0 Å². The van der Waals surface area contributed by atoms with Gasteiger partial charge in [0.2, 0.25) is 0 Å². The summed E-state index contributed by atoms with van der Waals surface area (Å²) >= 11 is 0.750. The average molecular weight is 511 g/mol. The van der Waals surface area contributed by atoms with Gasteiger partial charge in [-0.1, -0.05) is 0 Å². The van der Waals surface area contributed by atoms with Crippen LogP contribution in [0.5, 0.6) is 0 Å². The minimum atomic E-state index is 0.482. The van der Waals surface area contributed by atoms with Crippen molar-refractivity contribution in [1.29, 1.82) is 0 Å². The molecular formula is C27H52OSn. The van der Waals surface area contributed by atoms with E-state index in [9.17, 15) is 4.79 Å². The Morgan fingerprint density at radius 2 is 0.966 bits per heavy atom. The summed E-state index contributed by atoms with van der Waals surface area (Å²) < 4.78 is 0.482. The van der Waals surface area contributed by atoms with Gasteiger partial charge in [-0.15, -0.1) is 0 Å². The predicted octanol–water partition coefficient (Wildman–Crippen LogP) is 8.53. The molecule has 0 aromatic heterocycles. The van der Waals surface area contributed by atoms with E-state index in [0.717, 1.165) is 40.8 Å². The molecule has 0 aromatic rings. The zero-order valence-corrected chi connectivity index (χ0v) is 24.1. The monoisotopic (exact) mass is 512 g/mol. The van der Waals surface area contributed by atoms with Gasteiger partial charge < -0.3 is 0 Å². The molecule has 0 aliphatic carbocycles. The fourth-order valence-corrected chi connectivity index (χ4v) is 5.48. The number of carbonyl (C=O) groups is 1. The molecule has 2 heteroatoms. The topological polar surface area (TPSA) is 17.1 Å². The molecule has 0 spiro atoms. The van der Waals surface area contributed by atoms with Crippen molar-refractivity contribution in [1.82, 2.24) is 0 Å². The Morgan fingerprint density at radius 3 is 1.24 bits per heavy atom. The molecule has 0 heterocycles. The Morgan fingerprint density at radius 1 is 0.621 bits per heavy atom. The van der Waals surface area contributed by atoms with Crippen molar-refractivity contribution in [2.45, 2.75) is 138 Å². The summed E-state index contributed by atoms with van der Waals surface area (Å²) in [7, 11) is 0. The zero-order valence-electron chi connectivity index (χ0n) is 20.8. The van der Waals surface area contributed by atoms with E-state index < -0.39 is 0 Å². The van der Waals surface area contributed by atoms with Crippen molar-refractivity contribution in [3.8, 4) is 0 Å². The van der Waals surface area contributed by atoms with Gasteiger partial charge in [0.15, 0.2) is 0 Å². The van der Waals surface area contributed by atoms with Gasteiger partial charge in [0.1, 0.15) is 0 Å². The summed E-state index contributed by atoms with van der Waals surface area (Å²) in [5.74, 6) is 2.22. The molecule has 0 rings (SSSR count). The summed E-state index contributed by atoms with van der Waals surface area (Å²) in [6.45, 7) is 13.9. The molecular weight excluding hydrogens is 459 g/mol. The fraction of sp³-hybridized carbons (Fsp3) is 0.889. The first kappa shape index (κ1) is 29.2. The number of unbranched alkanes of at least 4 members (excludes halogenated alkanes) is 3. The van der Waals surface area contributed by atoms with Gasteiger partial charge in [0, 0.05) is 0 Å². The third-order valence-corrected chi connectivity index (χ3v) is 7.91. The van der Waals surface area contributed by atoms with E-state index in [2.05, 4.69) is 41.5 Å². The second-order valence-corrected chi connectivity index (χ2v) is 10.8. The summed E-state index contributed by atoms with van der Waals surface area (Å²) in [6.07, 6.45) is 18.9. The van der Waals surface area contributed by atoms with E-state index in [4.69, 9.17) is 0 Å². The van der Waals surface area contributed by atoms with E-state index in [-0.39, 0.29) is 0 Å². The van der Waals surface area contributed by atoms with Crippen molar-refractivity contribution >= 4 is 26.3 Å². The Labute approximate surface area is 197 Å². The normalized spacial score (nSPS) is 14.4. The summed E-state index contributed by atoms with van der Waals surface area (Å²) in [5.41, 5.74) is 2.85. The van der Waals surface area contributed by atoms with Crippen LogP contribution in [-0.2, 0) is 4.79 Å². The first-order valence-corrected chi connectivity index (χ1v) is 14.6. The third-order valence-electron chi connectivity index (χ3n) is 6.92. The third kappa shape index (κ3) is 13.3. The van der Waals surface area contributed by atoms with Gasteiger partial charge in [-0.3, -0.25) is 0 Å². The number of hydrogen-bond donors (Lipinski definition) is 0. The molecule has 29 heavy (non-hydrogen) atoms.